The number of nitrogens with zero attached hydrogens (tertiary/aromatic N) is 1. The van der Waals surface area contributed by atoms with Crippen molar-refractivity contribution in [2.75, 3.05) is 0 Å². The van der Waals surface area contributed by atoms with E-state index in [9.17, 15) is 0 Å². The molecule has 0 atom stereocenters. The van der Waals surface area contributed by atoms with Crippen molar-refractivity contribution in [1.82, 2.24) is 0 Å². The molecule has 0 bridgehead atoms. The lowest BCUT2D eigenvalue weighted by atomic mass is 9.98. The Morgan fingerprint density at radius 1 is 0.824 bits per heavy atom. The van der Waals surface area contributed by atoms with E-state index in [0.29, 0.717) is 0 Å². The van der Waals surface area contributed by atoms with Crippen molar-refractivity contribution in [3.63, 3.8) is 0 Å². The molecule has 0 radical (unpaired) electrons. The Bertz CT molecular complexity index is 540. The van der Waals surface area contributed by atoms with Crippen molar-refractivity contribution in [3.8, 4) is 0 Å². The number of hydrogen-bond donors (Lipinski definition) is 0. The molecule has 1 heterocycles. The maximum Gasteiger partial charge on any atom is 0.0661 e. The average molecular weight is 221 g/mol. The Labute approximate surface area is 102 Å². The number of para-hydroxylation sites is 1. The zero-order valence-electron chi connectivity index (χ0n) is 9.76. The van der Waals surface area contributed by atoms with Gasteiger partial charge in [0.2, 0.25) is 0 Å². The van der Waals surface area contributed by atoms with Gasteiger partial charge in [0.1, 0.15) is 0 Å². The molecule has 3 rings (SSSR count). The monoisotopic (exact) mass is 221 g/mol. The largest absolute Gasteiger partial charge is 0.257 e. The fourth-order valence-electron chi connectivity index (χ4n) is 2.30. The second-order valence-corrected chi connectivity index (χ2v) is 4.47. The molecule has 1 aliphatic heterocycles. The van der Waals surface area contributed by atoms with E-state index in [1.165, 1.54) is 16.8 Å². The number of aryl methyl sites for hydroxylation is 1. The van der Waals surface area contributed by atoms with Crippen LogP contribution in [0, 0.1) is 0 Å². The molecule has 84 valence electrons. The van der Waals surface area contributed by atoms with Crippen LogP contribution in [0.25, 0.3) is 0 Å². The first-order chi connectivity index (χ1) is 8.42. The van der Waals surface area contributed by atoms with E-state index in [1.807, 2.05) is 0 Å². The summed E-state index contributed by atoms with van der Waals surface area (Å²) >= 11 is 0. The SMILES string of the molecule is c1ccc(CC2=Nc3ccccc3CC2)cc1. The molecule has 1 aliphatic rings. The van der Waals surface area contributed by atoms with E-state index in [0.717, 1.165) is 24.9 Å². The summed E-state index contributed by atoms with van der Waals surface area (Å²) in [6, 6.07) is 19.0. The lowest BCUT2D eigenvalue weighted by Gasteiger charge is -2.15. The molecule has 0 aromatic heterocycles. The van der Waals surface area contributed by atoms with Crippen LogP contribution in [0.3, 0.4) is 0 Å². The first kappa shape index (κ1) is 10.3. The Morgan fingerprint density at radius 2 is 1.59 bits per heavy atom. The van der Waals surface area contributed by atoms with Crippen LogP contribution in [-0.4, -0.2) is 5.71 Å². The number of aliphatic imine (C=N–C) groups is 1. The quantitative estimate of drug-likeness (QED) is 0.728. The minimum Gasteiger partial charge on any atom is -0.257 e. The summed E-state index contributed by atoms with van der Waals surface area (Å²) in [5, 5.41) is 0. The summed E-state index contributed by atoms with van der Waals surface area (Å²) in [5.74, 6) is 0. The molecule has 2 aromatic rings. The van der Waals surface area contributed by atoms with Gasteiger partial charge < -0.3 is 0 Å². The molecule has 0 spiro atoms. The molecular weight excluding hydrogens is 206 g/mol. The highest BCUT2D eigenvalue weighted by atomic mass is 14.8. The van der Waals surface area contributed by atoms with Crippen LogP contribution in [0.2, 0.25) is 0 Å². The smallest absolute Gasteiger partial charge is 0.0661 e. The van der Waals surface area contributed by atoms with Crippen LogP contribution in [0.15, 0.2) is 59.6 Å². The van der Waals surface area contributed by atoms with E-state index >= 15 is 0 Å². The first-order valence-corrected chi connectivity index (χ1v) is 6.10. The van der Waals surface area contributed by atoms with Gasteiger partial charge in [-0.1, -0.05) is 48.5 Å². The van der Waals surface area contributed by atoms with E-state index in [-0.39, 0.29) is 0 Å². The van der Waals surface area contributed by atoms with Gasteiger partial charge in [-0.25, -0.2) is 0 Å². The number of rotatable bonds is 2. The Hall–Kier alpha value is -1.89. The standard InChI is InChI=1S/C16H15N/c1-2-6-13(7-3-1)12-15-11-10-14-8-4-5-9-16(14)17-15/h1-9H,10-12H2. The Balaban J connectivity index is 1.85. The molecule has 0 saturated carbocycles. The van der Waals surface area contributed by atoms with Gasteiger partial charge in [0.25, 0.3) is 0 Å². The molecule has 0 amide bonds. The van der Waals surface area contributed by atoms with Crippen molar-refractivity contribution in [2.24, 2.45) is 4.99 Å². The van der Waals surface area contributed by atoms with E-state index < -0.39 is 0 Å². The van der Waals surface area contributed by atoms with Crippen LogP contribution in [-0.2, 0) is 12.8 Å². The molecule has 2 aromatic carbocycles. The van der Waals surface area contributed by atoms with Crippen LogP contribution < -0.4 is 0 Å². The van der Waals surface area contributed by atoms with Crippen molar-refractivity contribution >= 4 is 11.4 Å². The van der Waals surface area contributed by atoms with Gasteiger partial charge in [-0.3, -0.25) is 4.99 Å². The van der Waals surface area contributed by atoms with Gasteiger partial charge in [0.15, 0.2) is 0 Å². The van der Waals surface area contributed by atoms with Gasteiger partial charge in [-0.05, 0) is 30.0 Å². The lowest BCUT2D eigenvalue weighted by molar-refractivity contribution is 0.982. The number of benzene rings is 2. The third kappa shape index (κ3) is 2.28. The maximum atomic E-state index is 4.76. The summed E-state index contributed by atoms with van der Waals surface area (Å²) in [6.45, 7) is 0. The van der Waals surface area contributed by atoms with Crippen LogP contribution in [0.5, 0.6) is 0 Å². The number of hydrogen-bond acceptors (Lipinski definition) is 1. The van der Waals surface area contributed by atoms with Crippen LogP contribution >= 0.6 is 0 Å². The van der Waals surface area contributed by atoms with E-state index in [4.69, 9.17) is 4.99 Å². The predicted octanol–water partition coefficient (Wildman–Crippen LogP) is 3.95. The summed E-state index contributed by atoms with van der Waals surface area (Å²) in [5.41, 5.74) is 5.19. The zero-order chi connectivity index (χ0) is 11.5. The van der Waals surface area contributed by atoms with Crippen molar-refractivity contribution < 1.29 is 0 Å². The minimum absolute atomic E-state index is 0.981. The second-order valence-electron chi connectivity index (χ2n) is 4.47. The number of fused-ring (bicyclic) bond motifs is 1. The molecule has 1 nitrogen and oxygen atoms in total. The highest BCUT2D eigenvalue weighted by Crippen LogP contribution is 2.26. The molecule has 0 unspecified atom stereocenters. The summed E-state index contributed by atoms with van der Waals surface area (Å²) in [7, 11) is 0. The molecule has 1 heteroatoms. The molecule has 0 fully saturated rings. The van der Waals surface area contributed by atoms with Gasteiger partial charge in [0, 0.05) is 12.1 Å². The molecule has 0 aliphatic carbocycles. The fraction of sp³-hybridized carbons (Fsp3) is 0.188. The van der Waals surface area contributed by atoms with Gasteiger partial charge in [-0.2, -0.15) is 0 Å². The molecule has 0 N–H and O–H groups in total. The Kier molecular flexibility index (Phi) is 2.74. The third-order valence-corrected chi connectivity index (χ3v) is 3.20. The molecule has 0 saturated heterocycles. The Morgan fingerprint density at radius 3 is 2.47 bits per heavy atom. The first-order valence-electron chi connectivity index (χ1n) is 6.10. The average Bonchev–Trinajstić information content (AvgIpc) is 2.40. The van der Waals surface area contributed by atoms with Crippen LogP contribution in [0.1, 0.15) is 17.5 Å². The van der Waals surface area contributed by atoms with E-state index in [1.54, 1.807) is 0 Å². The third-order valence-electron chi connectivity index (χ3n) is 3.20. The second kappa shape index (κ2) is 4.54. The minimum atomic E-state index is 0.981. The fourth-order valence-corrected chi connectivity index (χ4v) is 2.30. The summed E-state index contributed by atoms with van der Waals surface area (Å²) in [6.07, 6.45) is 3.20. The highest BCUT2D eigenvalue weighted by molar-refractivity contribution is 5.90. The maximum absolute atomic E-state index is 4.76. The zero-order valence-corrected chi connectivity index (χ0v) is 9.76. The van der Waals surface area contributed by atoms with Gasteiger partial charge in [-0.15, -0.1) is 0 Å². The highest BCUT2D eigenvalue weighted by Gasteiger charge is 2.11. The van der Waals surface area contributed by atoms with E-state index in [2.05, 4.69) is 54.6 Å². The predicted molar refractivity (Wildman–Crippen MR) is 72.0 cm³/mol. The lowest BCUT2D eigenvalue weighted by Crippen LogP contribution is -2.08. The normalized spacial score (nSPS) is 14.0. The summed E-state index contributed by atoms with van der Waals surface area (Å²) in [4.78, 5) is 4.76. The van der Waals surface area contributed by atoms with Gasteiger partial charge in [0.05, 0.1) is 5.69 Å². The summed E-state index contributed by atoms with van der Waals surface area (Å²) < 4.78 is 0. The van der Waals surface area contributed by atoms with Crippen molar-refractivity contribution in [2.45, 2.75) is 19.3 Å². The molecule has 17 heavy (non-hydrogen) atoms. The van der Waals surface area contributed by atoms with Crippen molar-refractivity contribution in [1.29, 1.82) is 0 Å². The topological polar surface area (TPSA) is 12.4 Å². The van der Waals surface area contributed by atoms with Gasteiger partial charge >= 0.3 is 0 Å². The molecular formula is C16H15N. The van der Waals surface area contributed by atoms with Crippen molar-refractivity contribution in [3.05, 3.63) is 65.7 Å². The van der Waals surface area contributed by atoms with Crippen LogP contribution in [0.4, 0.5) is 5.69 Å².